The smallest absolute Gasteiger partial charge is 0.267 e. The minimum absolute atomic E-state index is 0.160. The number of thiophene rings is 1. The van der Waals surface area contributed by atoms with Gasteiger partial charge in [-0.15, -0.1) is 11.3 Å². The summed E-state index contributed by atoms with van der Waals surface area (Å²) in [5, 5.41) is 4.76. The number of ether oxygens (including phenoxy) is 1. The van der Waals surface area contributed by atoms with Crippen molar-refractivity contribution in [2.24, 2.45) is 0 Å². The Balaban J connectivity index is 1.59. The van der Waals surface area contributed by atoms with E-state index in [0.717, 1.165) is 53.1 Å². The average molecular weight is 514 g/mol. The van der Waals surface area contributed by atoms with Crippen LogP contribution in [-0.2, 0) is 21.2 Å². The van der Waals surface area contributed by atoms with Crippen molar-refractivity contribution in [2.75, 3.05) is 41.2 Å². The topological polar surface area (TPSA) is 87.7 Å². The third kappa shape index (κ3) is 5.37. The third-order valence-electron chi connectivity index (χ3n) is 6.25. The molecule has 0 spiro atoms. The van der Waals surface area contributed by atoms with Gasteiger partial charge in [-0.2, -0.15) is 0 Å². The van der Waals surface area contributed by atoms with E-state index in [9.17, 15) is 13.2 Å². The van der Waals surface area contributed by atoms with E-state index in [1.165, 1.54) is 11.3 Å². The van der Waals surface area contributed by atoms with E-state index in [1.807, 2.05) is 20.8 Å². The Morgan fingerprint density at radius 2 is 1.74 bits per heavy atom. The van der Waals surface area contributed by atoms with Crippen molar-refractivity contribution in [2.45, 2.75) is 39.0 Å². The number of morpholine rings is 1. The van der Waals surface area contributed by atoms with Crippen LogP contribution in [0.2, 0.25) is 0 Å². The molecule has 0 bridgehead atoms. The molecular formula is C26H31N3O4S2. The van der Waals surface area contributed by atoms with Crippen LogP contribution >= 0.6 is 11.3 Å². The third-order valence-corrected chi connectivity index (χ3v) is 8.55. The van der Waals surface area contributed by atoms with Crippen LogP contribution in [0.4, 0.5) is 17.1 Å². The molecule has 1 aliphatic heterocycles. The fraction of sp³-hybridized carbons (Fsp3) is 0.346. The van der Waals surface area contributed by atoms with Crippen LogP contribution in [0.25, 0.3) is 0 Å². The van der Waals surface area contributed by atoms with Gasteiger partial charge < -0.3 is 15.0 Å². The second-order valence-corrected chi connectivity index (χ2v) is 11.3. The molecule has 0 atom stereocenters. The van der Waals surface area contributed by atoms with Gasteiger partial charge in [-0.3, -0.25) is 9.52 Å². The Kier molecular flexibility index (Phi) is 7.49. The van der Waals surface area contributed by atoms with E-state index in [0.29, 0.717) is 18.1 Å². The van der Waals surface area contributed by atoms with E-state index < -0.39 is 10.0 Å². The lowest BCUT2D eigenvalue weighted by Crippen LogP contribution is -2.37. The Labute approximate surface area is 211 Å². The summed E-state index contributed by atoms with van der Waals surface area (Å²) in [6.45, 7) is 11.0. The number of amides is 1. The molecule has 9 heteroatoms. The summed E-state index contributed by atoms with van der Waals surface area (Å²) in [7, 11) is -3.82. The number of carbonyl (C=O) groups excluding carboxylic acids is 1. The molecule has 0 unspecified atom stereocenters. The fourth-order valence-electron chi connectivity index (χ4n) is 4.48. The number of nitrogens with zero attached hydrogens (tertiary/aromatic N) is 1. The summed E-state index contributed by atoms with van der Waals surface area (Å²) in [6.07, 6.45) is 0.827. The summed E-state index contributed by atoms with van der Waals surface area (Å²) < 4.78 is 34.0. The second kappa shape index (κ2) is 10.4. The van der Waals surface area contributed by atoms with E-state index in [1.54, 1.807) is 35.7 Å². The summed E-state index contributed by atoms with van der Waals surface area (Å²) in [5.74, 6) is -0.345. The molecule has 3 aromatic rings. The molecule has 2 aromatic carbocycles. The van der Waals surface area contributed by atoms with E-state index in [-0.39, 0.29) is 16.5 Å². The molecule has 1 fully saturated rings. The molecule has 7 nitrogen and oxygen atoms in total. The lowest BCUT2D eigenvalue weighted by molar-refractivity contribution is 0.103. The van der Waals surface area contributed by atoms with Gasteiger partial charge in [-0.05, 0) is 73.0 Å². The van der Waals surface area contributed by atoms with Crippen LogP contribution in [0.1, 0.15) is 38.8 Å². The molecule has 2 heterocycles. The van der Waals surface area contributed by atoms with Crippen LogP contribution in [-0.4, -0.2) is 40.6 Å². The monoisotopic (exact) mass is 513 g/mol. The molecule has 4 rings (SSSR count). The zero-order valence-electron chi connectivity index (χ0n) is 20.5. The number of rotatable bonds is 7. The molecule has 0 radical (unpaired) electrons. The molecule has 1 saturated heterocycles. The normalized spacial score (nSPS) is 14.1. The molecule has 1 amide bonds. The number of anilines is 3. The van der Waals surface area contributed by atoms with Crippen molar-refractivity contribution in [1.82, 2.24) is 0 Å². The number of hydrogen-bond acceptors (Lipinski definition) is 6. The van der Waals surface area contributed by atoms with Crippen molar-refractivity contribution in [1.29, 1.82) is 0 Å². The van der Waals surface area contributed by atoms with Gasteiger partial charge in [-0.1, -0.05) is 25.1 Å². The Bertz CT molecular complexity index is 1330. The predicted molar refractivity (Wildman–Crippen MR) is 143 cm³/mol. The molecule has 35 heavy (non-hydrogen) atoms. The lowest BCUT2D eigenvalue weighted by Gasteiger charge is -2.32. The number of aryl methyl sites for hydroxylation is 3. The van der Waals surface area contributed by atoms with Gasteiger partial charge in [0, 0.05) is 24.5 Å². The first-order chi connectivity index (χ1) is 16.7. The molecule has 1 aromatic heterocycles. The van der Waals surface area contributed by atoms with Crippen molar-refractivity contribution in [3.63, 3.8) is 0 Å². The maximum atomic E-state index is 13.3. The number of carbonyl (C=O) groups is 1. The van der Waals surface area contributed by atoms with Crippen LogP contribution in [0.15, 0.2) is 46.7 Å². The number of benzene rings is 2. The van der Waals surface area contributed by atoms with Gasteiger partial charge in [0.15, 0.2) is 0 Å². The summed E-state index contributed by atoms with van der Waals surface area (Å²) >= 11 is 1.20. The van der Waals surface area contributed by atoms with Crippen LogP contribution in [0.3, 0.4) is 0 Å². The highest BCUT2D eigenvalue weighted by Crippen LogP contribution is 2.35. The van der Waals surface area contributed by atoms with Crippen molar-refractivity contribution in [3.8, 4) is 0 Å². The first-order valence-corrected chi connectivity index (χ1v) is 14.0. The van der Waals surface area contributed by atoms with Crippen molar-refractivity contribution in [3.05, 3.63) is 68.9 Å². The van der Waals surface area contributed by atoms with E-state index in [2.05, 4.69) is 27.9 Å². The molecule has 2 N–H and O–H groups in total. The minimum atomic E-state index is -3.82. The maximum absolute atomic E-state index is 13.3. The standard InChI is InChI=1S/C26H31N3O4S2/c1-5-20-6-8-21(9-7-20)35(31,32)28-22-10-15-34-25(22)26(30)27-23-17(2)16-18(3)24(19(23)4)29-11-13-33-14-12-29/h6-10,15-16,28H,5,11-14H2,1-4H3,(H,27,30). The molecule has 186 valence electrons. The van der Waals surface area contributed by atoms with Gasteiger partial charge in [0.2, 0.25) is 0 Å². The fourth-order valence-corrected chi connectivity index (χ4v) is 6.37. The van der Waals surface area contributed by atoms with Gasteiger partial charge in [0.25, 0.3) is 15.9 Å². The molecular weight excluding hydrogens is 482 g/mol. The van der Waals surface area contributed by atoms with Crippen LogP contribution in [0.5, 0.6) is 0 Å². The Hall–Kier alpha value is -2.88. The molecule has 0 aliphatic carbocycles. The number of hydrogen-bond donors (Lipinski definition) is 2. The quantitative estimate of drug-likeness (QED) is 0.458. The lowest BCUT2D eigenvalue weighted by atomic mass is 10.0. The SMILES string of the molecule is CCc1ccc(S(=O)(=O)Nc2ccsc2C(=O)Nc2c(C)cc(C)c(N3CCOCC3)c2C)cc1. The summed E-state index contributed by atoms with van der Waals surface area (Å²) in [6, 6.07) is 10.4. The van der Waals surface area contributed by atoms with E-state index in [4.69, 9.17) is 4.74 Å². The van der Waals surface area contributed by atoms with Gasteiger partial charge in [-0.25, -0.2) is 8.42 Å². The minimum Gasteiger partial charge on any atom is -0.378 e. The Morgan fingerprint density at radius 1 is 1.06 bits per heavy atom. The van der Waals surface area contributed by atoms with Gasteiger partial charge in [0.1, 0.15) is 4.88 Å². The van der Waals surface area contributed by atoms with Crippen molar-refractivity contribution >= 4 is 44.3 Å². The van der Waals surface area contributed by atoms with Gasteiger partial charge >= 0.3 is 0 Å². The first kappa shape index (κ1) is 25.2. The average Bonchev–Trinajstić information content (AvgIpc) is 3.29. The van der Waals surface area contributed by atoms with Crippen LogP contribution in [0, 0.1) is 20.8 Å². The highest BCUT2D eigenvalue weighted by Gasteiger charge is 2.23. The summed E-state index contributed by atoms with van der Waals surface area (Å²) in [4.78, 5) is 16.1. The maximum Gasteiger partial charge on any atom is 0.267 e. The Morgan fingerprint density at radius 3 is 2.40 bits per heavy atom. The number of sulfonamides is 1. The first-order valence-electron chi connectivity index (χ1n) is 11.7. The van der Waals surface area contributed by atoms with Crippen molar-refractivity contribution < 1.29 is 17.9 Å². The molecule has 1 aliphatic rings. The largest absolute Gasteiger partial charge is 0.378 e. The van der Waals surface area contributed by atoms with Crippen LogP contribution < -0.4 is 14.9 Å². The second-order valence-electron chi connectivity index (χ2n) is 8.68. The summed E-state index contributed by atoms with van der Waals surface area (Å²) in [5.41, 5.74) is 6.28. The predicted octanol–water partition coefficient (Wildman–Crippen LogP) is 5.13. The highest BCUT2D eigenvalue weighted by molar-refractivity contribution is 7.92. The zero-order valence-corrected chi connectivity index (χ0v) is 22.1. The highest BCUT2D eigenvalue weighted by atomic mass is 32.2. The molecule has 0 saturated carbocycles. The van der Waals surface area contributed by atoms with Gasteiger partial charge in [0.05, 0.1) is 23.8 Å². The van der Waals surface area contributed by atoms with E-state index >= 15 is 0 Å². The number of nitrogens with one attached hydrogen (secondary N) is 2. The zero-order chi connectivity index (χ0) is 25.2.